The van der Waals surface area contributed by atoms with E-state index in [0.717, 1.165) is 25.7 Å². The fraction of sp³-hybridized carbons (Fsp3) is 0.684. The minimum Gasteiger partial charge on any atom is -0.316 e. The molecule has 0 bridgehead atoms. The molecule has 1 aromatic rings. The van der Waals surface area contributed by atoms with Gasteiger partial charge in [0.05, 0.1) is 0 Å². The van der Waals surface area contributed by atoms with Gasteiger partial charge in [-0.05, 0) is 49.4 Å². The van der Waals surface area contributed by atoms with Crippen LogP contribution in [0, 0.1) is 0 Å². The van der Waals surface area contributed by atoms with Crippen LogP contribution >= 0.6 is 0 Å². The van der Waals surface area contributed by atoms with Crippen molar-refractivity contribution in [2.75, 3.05) is 19.6 Å². The van der Waals surface area contributed by atoms with E-state index in [1.165, 1.54) is 43.4 Å². The molecule has 0 amide bonds. The van der Waals surface area contributed by atoms with Crippen LogP contribution in [0.4, 0.5) is 0 Å². The zero-order valence-corrected chi connectivity index (χ0v) is 14.1. The number of nitrogens with zero attached hydrogens (tertiary/aromatic N) is 1. The molecule has 1 atom stereocenters. The summed E-state index contributed by atoms with van der Waals surface area (Å²) in [4.78, 5) is 2.68. The summed E-state index contributed by atoms with van der Waals surface area (Å²) in [5.74, 6) is 0.596. The van der Waals surface area contributed by atoms with Crippen molar-refractivity contribution in [3.8, 4) is 0 Å². The molecular formula is C19H32N2. The monoisotopic (exact) mass is 288 g/mol. The van der Waals surface area contributed by atoms with Crippen LogP contribution in [-0.4, -0.2) is 30.6 Å². The largest absolute Gasteiger partial charge is 0.316 e. The fourth-order valence-electron chi connectivity index (χ4n) is 2.86. The molecule has 0 radical (unpaired) electrons. The van der Waals surface area contributed by atoms with Crippen LogP contribution < -0.4 is 5.32 Å². The molecule has 0 saturated heterocycles. The van der Waals surface area contributed by atoms with Crippen molar-refractivity contribution < 1.29 is 0 Å². The number of hydrogen-bond donors (Lipinski definition) is 1. The van der Waals surface area contributed by atoms with Crippen LogP contribution in [0.1, 0.15) is 63.5 Å². The van der Waals surface area contributed by atoms with E-state index in [1.54, 1.807) is 0 Å². The van der Waals surface area contributed by atoms with Gasteiger partial charge in [-0.1, -0.05) is 51.5 Å². The zero-order valence-electron chi connectivity index (χ0n) is 14.1. The van der Waals surface area contributed by atoms with Crippen molar-refractivity contribution in [1.82, 2.24) is 10.2 Å². The normalized spacial score (nSPS) is 16.4. The van der Waals surface area contributed by atoms with E-state index in [-0.39, 0.29) is 0 Å². The summed E-state index contributed by atoms with van der Waals surface area (Å²) in [6, 6.07) is 10.2. The van der Waals surface area contributed by atoms with Gasteiger partial charge < -0.3 is 5.32 Å². The van der Waals surface area contributed by atoms with E-state index in [2.05, 4.69) is 55.3 Å². The molecule has 0 heterocycles. The molecule has 1 aliphatic carbocycles. The highest BCUT2D eigenvalue weighted by molar-refractivity contribution is 5.25. The first-order valence-electron chi connectivity index (χ1n) is 8.78. The lowest BCUT2D eigenvalue weighted by Crippen LogP contribution is -2.26. The molecule has 1 N–H and O–H groups in total. The average Bonchev–Trinajstić information content (AvgIpc) is 3.34. The van der Waals surface area contributed by atoms with Gasteiger partial charge in [0.25, 0.3) is 0 Å². The molecule has 0 aromatic heterocycles. The lowest BCUT2D eigenvalue weighted by molar-refractivity contribution is 0.250. The Morgan fingerprint density at radius 3 is 2.48 bits per heavy atom. The molecule has 2 nitrogen and oxygen atoms in total. The minimum absolute atomic E-state index is 0.596. The number of likely N-dealkylation sites (N-methyl/N-ethyl adjacent to an activating group) is 1. The van der Waals surface area contributed by atoms with Crippen LogP contribution in [0.5, 0.6) is 0 Å². The Kier molecular flexibility index (Phi) is 6.72. The van der Waals surface area contributed by atoms with Gasteiger partial charge in [-0.25, -0.2) is 0 Å². The Labute approximate surface area is 130 Å². The summed E-state index contributed by atoms with van der Waals surface area (Å²) in [7, 11) is 0. The lowest BCUT2D eigenvalue weighted by Gasteiger charge is -2.22. The number of hydrogen-bond acceptors (Lipinski definition) is 2. The standard InChI is InChI=1S/C19H32N2/c1-4-6-13-21(19-11-12-19)15-17-7-9-18(10-8-17)16(3)14-20-5-2/h7-10,16,19-20H,4-6,11-15H2,1-3H3. The summed E-state index contributed by atoms with van der Waals surface area (Å²) in [5, 5.41) is 3.43. The molecule has 1 aromatic carbocycles. The maximum absolute atomic E-state index is 3.43. The third-order valence-corrected chi connectivity index (χ3v) is 4.50. The third-order valence-electron chi connectivity index (χ3n) is 4.50. The van der Waals surface area contributed by atoms with Gasteiger partial charge in [0.15, 0.2) is 0 Å². The van der Waals surface area contributed by atoms with Crippen molar-refractivity contribution in [3.05, 3.63) is 35.4 Å². The topological polar surface area (TPSA) is 15.3 Å². The van der Waals surface area contributed by atoms with Gasteiger partial charge >= 0.3 is 0 Å². The SMILES string of the molecule is CCCCN(Cc1ccc(C(C)CNCC)cc1)C1CC1. The number of rotatable bonds is 10. The number of unbranched alkanes of at least 4 members (excludes halogenated alkanes) is 1. The molecular weight excluding hydrogens is 256 g/mol. The first-order chi connectivity index (χ1) is 10.2. The Balaban J connectivity index is 1.88. The van der Waals surface area contributed by atoms with E-state index in [1.807, 2.05) is 0 Å². The van der Waals surface area contributed by atoms with Gasteiger partial charge in [0, 0.05) is 19.1 Å². The second-order valence-corrected chi connectivity index (χ2v) is 6.51. The van der Waals surface area contributed by atoms with Crippen LogP contribution in [-0.2, 0) is 6.54 Å². The quantitative estimate of drug-likeness (QED) is 0.695. The molecule has 2 rings (SSSR count). The van der Waals surface area contributed by atoms with Crippen LogP contribution in [0.15, 0.2) is 24.3 Å². The Morgan fingerprint density at radius 1 is 1.19 bits per heavy atom. The van der Waals surface area contributed by atoms with Crippen molar-refractivity contribution in [3.63, 3.8) is 0 Å². The van der Waals surface area contributed by atoms with Crippen LogP contribution in [0.2, 0.25) is 0 Å². The zero-order chi connectivity index (χ0) is 15.1. The van der Waals surface area contributed by atoms with E-state index in [0.29, 0.717) is 5.92 Å². The van der Waals surface area contributed by atoms with Crippen LogP contribution in [0.25, 0.3) is 0 Å². The summed E-state index contributed by atoms with van der Waals surface area (Å²) in [6.45, 7) is 11.3. The predicted octanol–water partition coefficient (Wildman–Crippen LogP) is 4.16. The van der Waals surface area contributed by atoms with Crippen molar-refractivity contribution in [2.24, 2.45) is 0 Å². The van der Waals surface area contributed by atoms with Gasteiger partial charge in [-0.2, -0.15) is 0 Å². The van der Waals surface area contributed by atoms with E-state index in [9.17, 15) is 0 Å². The first kappa shape index (κ1) is 16.5. The molecule has 1 fully saturated rings. The molecule has 0 aliphatic heterocycles. The van der Waals surface area contributed by atoms with E-state index < -0.39 is 0 Å². The van der Waals surface area contributed by atoms with E-state index in [4.69, 9.17) is 0 Å². The molecule has 1 saturated carbocycles. The average molecular weight is 288 g/mol. The highest BCUT2D eigenvalue weighted by Crippen LogP contribution is 2.28. The Bertz CT molecular complexity index is 395. The molecule has 118 valence electrons. The summed E-state index contributed by atoms with van der Waals surface area (Å²) in [6.07, 6.45) is 5.43. The summed E-state index contributed by atoms with van der Waals surface area (Å²) < 4.78 is 0. The lowest BCUT2D eigenvalue weighted by atomic mass is 9.99. The number of nitrogens with one attached hydrogen (secondary N) is 1. The van der Waals surface area contributed by atoms with Crippen molar-refractivity contribution in [2.45, 2.75) is 65.0 Å². The summed E-state index contributed by atoms with van der Waals surface area (Å²) in [5.41, 5.74) is 2.92. The third kappa shape index (κ3) is 5.44. The highest BCUT2D eigenvalue weighted by Gasteiger charge is 2.28. The van der Waals surface area contributed by atoms with Crippen molar-refractivity contribution in [1.29, 1.82) is 0 Å². The number of benzene rings is 1. The van der Waals surface area contributed by atoms with E-state index >= 15 is 0 Å². The Hall–Kier alpha value is -0.860. The van der Waals surface area contributed by atoms with Gasteiger partial charge in [-0.15, -0.1) is 0 Å². The second kappa shape index (κ2) is 8.55. The van der Waals surface area contributed by atoms with Gasteiger partial charge in [-0.3, -0.25) is 4.90 Å². The predicted molar refractivity (Wildman–Crippen MR) is 91.7 cm³/mol. The second-order valence-electron chi connectivity index (χ2n) is 6.51. The molecule has 2 heteroatoms. The summed E-state index contributed by atoms with van der Waals surface area (Å²) >= 11 is 0. The molecule has 21 heavy (non-hydrogen) atoms. The van der Waals surface area contributed by atoms with Crippen LogP contribution in [0.3, 0.4) is 0 Å². The first-order valence-corrected chi connectivity index (χ1v) is 8.78. The van der Waals surface area contributed by atoms with Gasteiger partial charge in [0.1, 0.15) is 0 Å². The smallest absolute Gasteiger partial charge is 0.0236 e. The maximum Gasteiger partial charge on any atom is 0.0236 e. The molecule has 0 spiro atoms. The molecule has 1 aliphatic rings. The highest BCUT2D eigenvalue weighted by atomic mass is 15.2. The Morgan fingerprint density at radius 2 is 1.90 bits per heavy atom. The van der Waals surface area contributed by atoms with Crippen molar-refractivity contribution >= 4 is 0 Å². The van der Waals surface area contributed by atoms with Gasteiger partial charge in [0.2, 0.25) is 0 Å². The minimum atomic E-state index is 0.596. The fourth-order valence-corrected chi connectivity index (χ4v) is 2.86. The molecule has 1 unspecified atom stereocenters. The maximum atomic E-state index is 3.43.